The second kappa shape index (κ2) is 5.54. The molecule has 0 radical (unpaired) electrons. The van der Waals surface area contributed by atoms with Gasteiger partial charge in [0.1, 0.15) is 6.10 Å². The Kier molecular flexibility index (Phi) is 3.83. The molecule has 0 unspecified atom stereocenters. The van der Waals surface area contributed by atoms with Gasteiger partial charge >= 0.3 is 0 Å². The topological polar surface area (TPSA) is 9.23 Å². The molecule has 2 rings (SSSR count). The number of ether oxygens (including phenoxy) is 1. The molecule has 1 nitrogen and oxygen atoms in total. The standard InChI is InChI=1S/C17H18O/c1-4-13(2)12-18-14(3)16-10-9-15-7-5-6-8-17(15)11-16/h4-12,14H,1H2,2-3H3/b13-12+/t14-/m1/s1. The van der Waals surface area contributed by atoms with E-state index >= 15 is 0 Å². The fourth-order valence-corrected chi connectivity index (χ4v) is 1.80. The number of rotatable bonds is 4. The van der Waals surface area contributed by atoms with Crippen molar-refractivity contribution in [2.24, 2.45) is 0 Å². The number of benzene rings is 2. The zero-order valence-corrected chi connectivity index (χ0v) is 10.9. The van der Waals surface area contributed by atoms with Crippen LogP contribution in [-0.4, -0.2) is 0 Å². The third kappa shape index (κ3) is 2.80. The van der Waals surface area contributed by atoms with Crippen LogP contribution in [0.4, 0.5) is 0 Å². The van der Waals surface area contributed by atoms with E-state index in [1.54, 1.807) is 12.3 Å². The molecule has 1 atom stereocenters. The van der Waals surface area contributed by atoms with Gasteiger partial charge in [-0.2, -0.15) is 0 Å². The fourth-order valence-electron chi connectivity index (χ4n) is 1.80. The van der Waals surface area contributed by atoms with Gasteiger partial charge in [-0.15, -0.1) is 0 Å². The van der Waals surface area contributed by atoms with Gasteiger partial charge in [0.2, 0.25) is 0 Å². The zero-order valence-electron chi connectivity index (χ0n) is 10.9. The molecule has 0 saturated carbocycles. The summed E-state index contributed by atoms with van der Waals surface area (Å²) in [5.74, 6) is 0. The summed E-state index contributed by atoms with van der Waals surface area (Å²) >= 11 is 0. The lowest BCUT2D eigenvalue weighted by atomic mass is 10.0. The number of hydrogen-bond acceptors (Lipinski definition) is 1. The highest BCUT2D eigenvalue weighted by molar-refractivity contribution is 5.83. The van der Waals surface area contributed by atoms with Gasteiger partial charge in [0.25, 0.3) is 0 Å². The van der Waals surface area contributed by atoms with Gasteiger partial charge in [-0.3, -0.25) is 0 Å². The maximum absolute atomic E-state index is 5.70. The van der Waals surface area contributed by atoms with Gasteiger partial charge in [-0.1, -0.05) is 49.1 Å². The van der Waals surface area contributed by atoms with Crippen LogP contribution >= 0.6 is 0 Å². The Morgan fingerprint density at radius 1 is 1.17 bits per heavy atom. The van der Waals surface area contributed by atoms with Crippen LogP contribution in [0, 0.1) is 0 Å². The maximum atomic E-state index is 5.70. The fraction of sp³-hybridized carbons (Fsp3) is 0.176. The Hall–Kier alpha value is -2.02. The molecule has 1 heteroatoms. The second-order valence-corrected chi connectivity index (χ2v) is 4.45. The molecule has 0 aromatic heterocycles. The van der Waals surface area contributed by atoms with Gasteiger partial charge in [0.15, 0.2) is 0 Å². The molecule has 92 valence electrons. The molecule has 0 N–H and O–H groups in total. The van der Waals surface area contributed by atoms with Crippen molar-refractivity contribution >= 4 is 10.8 Å². The van der Waals surface area contributed by atoms with Gasteiger partial charge in [0, 0.05) is 0 Å². The minimum atomic E-state index is 0.0458. The van der Waals surface area contributed by atoms with Gasteiger partial charge in [-0.25, -0.2) is 0 Å². The molecule has 0 heterocycles. The largest absolute Gasteiger partial charge is 0.493 e. The van der Waals surface area contributed by atoms with Crippen LogP contribution in [0.15, 0.2) is 67.0 Å². The lowest BCUT2D eigenvalue weighted by molar-refractivity contribution is 0.163. The van der Waals surface area contributed by atoms with Crippen molar-refractivity contribution in [2.75, 3.05) is 0 Å². The highest BCUT2D eigenvalue weighted by atomic mass is 16.5. The monoisotopic (exact) mass is 238 g/mol. The summed E-state index contributed by atoms with van der Waals surface area (Å²) in [4.78, 5) is 0. The minimum Gasteiger partial charge on any atom is -0.493 e. The van der Waals surface area contributed by atoms with Crippen molar-refractivity contribution in [1.82, 2.24) is 0 Å². The molecular weight excluding hydrogens is 220 g/mol. The van der Waals surface area contributed by atoms with Crippen LogP contribution in [0.3, 0.4) is 0 Å². The molecule has 0 spiro atoms. The summed E-state index contributed by atoms with van der Waals surface area (Å²) in [5, 5.41) is 2.50. The van der Waals surface area contributed by atoms with E-state index < -0.39 is 0 Å². The van der Waals surface area contributed by atoms with Crippen LogP contribution in [0.2, 0.25) is 0 Å². The first-order chi connectivity index (χ1) is 8.70. The summed E-state index contributed by atoms with van der Waals surface area (Å²) < 4.78 is 5.70. The quantitative estimate of drug-likeness (QED) is 0.537. The first-order valence-electron chi connectivity index (χ1n) is 6.14. The van der Waals surface area contributed by atoms with Crippen LogP contribution in [0.1, 0.15) is 25.5 Å². The smallest absolute Gasteiger partial charge is 0.120 e. The SMILES string of the molecule is C=C/C(C)=C/O[C@H](C)c1ccc2ccccc2c1. The third-order valence-corrected chi connectivity index (χ3v) is 3.02. The van der Waals surface area contributed by atoms with Crippen molar-refractivity contribution in [1.29, 1.82) is 0 Å². The number of fused-ring (bicyclic) bond motifs is 1. The van der Waals surface area contributed by atoms with E-state index in [9.17, 15) is 0 Å². The van der Waals surface area contributed by atoms with Crippen LogP contribution in [-0.2, 0) is 4.74 Å². The van der Waals surface area contributed by atoms with E-state index in [0.717, 1.165) is 5.57 Å². The van der Waals surface area contributed by atoms with Crippen molar-refractivity contribution in [2.45, 2.75) is 20.0 Å². The molecule has 0 saturated heterocycles. The Labute approximate surface area is 108 Å². The predicted molar refractivity (Wildman–Crippen MR) is 77.4 cm³/mol. The van der Waals surface area contributed by atoms with Crippen molar-refractivity contribution in [3.8, 4) is 0 Å². The first kappa shape index (κ1) is 12.4. The highest BCUT2D eigenvalue weighted by Crippen LogP contribution is 2.22. The Bertz CT molecular complexity index is 581. The Morgan fingerprint density at radius 2 is 1.89 bits per heavy atom. The Balaban J connectivity index is 2.22. The normalized spacial score (nSPS) is 13.3. The summed E-state index contributed by atoms with van der Waals surface area (Å²) in [6.07, 6.45) is 3.59. The van der Waals surface area contributed by atoms with Crippen molar-refractivity contribution < 1.29 is 4.74 Å². The average Bonchev–Trinajstić information content (AvgIpc) is 2.43. The molecule has 0 aliphatic rings. The number of hydrogen-bond donors (Lipinski definition) is 0. The molecule has 0 amide bonds. The molecule has 18 heavy (non-hydrogen) atoms. The predicted octanol–water partition coefficient (Wildman–Crippen LogP) is 5.01. The van der Waals surface area contributed by atoms with Crippen LogP contribution in [0.25, 0.3) is 10.8 Å². The molecule has 2 aromatic carbocycles. The lowest BCUT2D eigenvalue weighted by Gasteiger charge is -2.13. The van der Waals surface area contributed by atoms with E-state index in [-0.39, 0.29) is 6.10 Å². The molecule has 0 fully saturated rings. The average molecular weight is 238 g/mol. The maximum Gasteiger partial charge on any atom is 0.120 e. The summed E-state index contributed by atoms with van der Waals surface area (Å²) in [7, 11) is 0. The van der Waals surface area contributed by atoms with Gasteiger partial charge < -0.3 is 4.74 Å². The summed E-state index contributed by atoms with van der Waals surface area (Å²) in [6, 6.07) is 14.8. The summed E-state index contributed by atoms with van der Waals surface area (Å²) in [6.45, 7) is 7.73. The first-order valence-corrected chi connectivity index (χ1v) is 6.14. The Morgan fingerprint density at radius 3 is 2.61 bits per heavy atom. The number of allylic oxidation sites excluding steroid dienone is 2. The second-order valence-electron chi connectivity index (χ2n) is 4.45. The van der Waals surface area contributed by atoms with Crippen molar-refractivity contribution in [3.63, 3.8) is 0 Å². The molecule has 0 aliphatic heterocycles. The van der Waals surface area contributed by atoms with E-state index in [4.69, 9.17) is 4.74 Å². The molecule has 0 bridgehead atoms. The van der Waals surface area contributed by atoms with E-state index in [1.165, 1.54) is 16.3 Å². The molecule has 0 aliphatic carbocycles. The molecular formula is C17H18O. The highest BCUT2D eigenvalue weighted by Gasteiger charge is 2.05. The lowest BCUT2D eigenvalue weighted by Crippen LogP contribution is -1.95. The minimum absolute atomic E-state index is 0.0458. The third-order valence-electron chi connectivity index (χ3n) is 3.02. The van der Waals surface area contributed by atoms with E-state index in [1.807, 2.05) is 6.92 Å². The van der Waals surface area contributed by atoms with Crippen LogP contribution < -0.4 is 0 Å². The molecule has 2 aromatic rings. The van der Waals surface area contributed by atoms with Crippen molar-refractivity contribution in [3.05, 3.63) is 72.5 Å². The summed E-state index contributed by atoms with van der Waals surface area (Å²) in [5.41, 5.74) is 2.21. The van der Waals surface area contributed by atoms with E-state index in [0.29, 0.717) is 0 Å². The van der Waals surface area contributed by atoms with Crippen LogP contribution in [0.5, 0.6) is 0 Å². The zero-order chi connectivity index (χ0) is 13.0. The van der Waals surface area contributed by atoms with E-state index in [2.05, 4.69) is 56.0 Å². The van der Waals surface area contributed by atoms with Gasteiger partial charge in [-0.05, 0) is 41.8 Å². The van der Waals surface area contributed by atoms with Gasteiger partial charge in [0.05, 0.1) is 6.26 Å².